The first-order valence-corrected chi connectivity index (χ1v) is 11.0. The highest BCUT2D eigenvalue weighted by Gasteiger charge is 2.12. The molecule has 1 heterocycles. The van der Waals surface area contributed by atoms with Crippen LogP contribution in [-0.2, 0) is 14.6 Å². The molecule has 0 spiro atoms. The average molecular weight is 418 g/mol. The van der Waals surface area contributed by atoms with Gasteiger partial charge in [-0.15, -0.1) is 0 Å². The normalized spacial score (nSPS) is 11.2. The second kappa shape index (κ2) is 8.07. The molecule has 7 nitrogen and oxygen atoms in total. The van der Waals surface area contributed by atoms with Crippen molar-refractivity contribution < 1.29 is 17.9 Å². The van der Waals surface area contributed by atoms with Crippen LogP contribution >= 0.6 is 11.5 Å². The minimum atomic E-state index is -3.26. The van der Waals surface area contributed by atoms with Crippen LogP contribution in [0.15, 0.2) is 47.4 Å². The third-order valence-electron chi connectivity index (χ3n) is 3.78. The van der Waals surface area contributed by atoms with Crippen LogP contribution in [0.25, 0.3) is 11.4 Å². The largest absolute Gasteiger partial charge is 0.484 e. The summed E-state index contributed by atoms with van der Waals surface area (Å²) in [5.74, 6) is 0.710. The Morgan fingerprint density at radius 1 is 1.11 bits per heavy atom. The molecule has 0 fully saturated rings. The monoisotopic (exact) mass is 417 g/mol. The molecule has 28 heavy (non-hydrogen) atoms. The first kappa shape index (κ1) is 20.0. The lowest BCUT2D eigenvalue weighted by Crippen LogP contribution is -2.20. The lowest BCUT2D eigenvalue weighted by Gasteiger charge is -2.07. The molecule has 1 aromatic heterocycles. The number of hydrogen-bond acceptors (Lipinski definition) is 7. The van der Waals surface area contributed by atoms with Crippen molar-refractivity contribution in [1.82, 2.24) is 9.36 Å². The Hall–Kier alpha value is -2.78. The van der Waals surface area contributed by atoms with Gasteiger partial charge in [0.15, 0.2) is 22.3 Å². The van der Waals surface area contributed by atoms with Crippen LogP contribution in [0, 0.1) is 13.8 Å². The molecule has 0 aliphatic carbocycles. The maximum Gasteiger partial charge on any atom is 0.264 e. The summed E-state index contributed by atoms with van der Waals surface area (Å²) in [6.45, 7) is 3.79. The summed E-state index contributed by atoms with van der Waals surface area (Å²) in [4.78, 5) is 16.6. The molecule has 1 amide bonds. The maximum absolute atomic E-state index is 12.1. The topological polar surface area (TPSA) is 98.2 Å². The second-order valence-electron chi connectivity index (χ2n) is 6.38. The summed E-state index contributed by atoms with van der Waals surface area (Å²) >= 11 is 1.04. The molecule has 0 bridgehead atoms. The second-order valence-corrected chi connectivity index (χ2v) is 9.15. The van der Waals surface area contributed by atoms with Crippen molar-refractivity contribution >= 4 is 32.4 Å². The standard InChI is InChI=1S/C19H19N3O4S2/c1-12-8-13(2)10-15(9-12)26-11-17(23)20-19-21-18(22-27-19)14-4-6-16(7-5-14)28(3,24)25/h4-10H,11H2,1-3H3,(H,20,21,22,23). The molecule has 0 radical (unpaired) electrons. The third-order valence-corrected chi connectivity index (χ3v) is 5.54. The van der Waals surface area contributed by atoms with Crippen LogP contribution in [0.5, 0.6) is 5.75 Å². The minimum absolute atomic E-state index is 0.138. The Bertz CT molecular complexity index is 1090. The highest BCUT2D eigenvalue weighted by atomic mass is 32.2. The average Bonchev–Trinajstić information content (AvgIpc) is 3.07. The number of benzene rings is 2. The van der Waals surface area contributed by atoms with Gasteiger partial charge >= 0.3 is 0 Å². The van der Waals surface area contributed by atoms with Crippen LogP contribution in [0.2, 0.25) is 0 Å². The van der Waals surface area contributed by atoms with Gasteiger partial charge in [0, 0.05) is 23.4 Å². The van der Waals surface area contributed by atoms with Gasteiger partial charge in [0.05, 0.1) is 4.90 Å². The van der Waals surface area contributed by atoms with E-state index in [1.165, 1.54) is 12.1 Å². The predicted molar refractivity (Wildman–Crippen MR) is 108 cm³/mol. The lowest BCUT2D eigenvalue weighted by atomic mass is 10.1. The molecule has 2 aromatic carbocycles. The number of hydrogen-bond donors (Lipinski definition) is 1. The highest BCUT2D eigenvalue weighted by molar-refractivity contribution is 7.90. The Labute approximate surface area is 167 Å². The molecule has 0 aliphatic heterocycles. The molecule has 0 saturated carbocycles. The van der Waals surface area contributed by atoms with Gasteiger partial charge in [-0.3, -0.25) is 10.1 Å². The van der Waals surface area contributed by atoms with Gasteiger partial charge in [0.2, 0.25) is 5.13 Å². The number of nitrogens with one attached hydrogen (secondary N) is 1. The van der Waals surface area contributed by atoms with Crippen LogP contribution in [0.4, 0.5) is 5.13 Å². The van der Waals surface area contributed by atoms with E-state index >= 15 is 0 Å². The lowest BCUT2D eigenvalue weighted by molar-refractivity contribution is -0.118. The summed E-state index contributed by atoms with van der Waals surface area (Å²) in [6.07, 6.45) is 1.15. The van der Waals surface area contributed by atoms with Gasteiger partial charge in [0.25, 0.3) is 5.91 Å². The number of carbonyl (C=O) groups is 1. The van der Waals surface area contributed by atoms with Crippen molar-refractivity contribution in [3.63, 3.8) is 0 Å². The molecular formula is C19H19N3O4S2. The van der Waals surface area contributed by atoms with Gasteiger partial charge in [-0.05, 0) is 61.4 Å². The number of nitrogens with zero attached hydrogens (tertiary/aromatic N) is 2. The van der Waals surface area contributed by atoms with E-state index in [0.29, 0.717) is 22.3 Å². The molecule has 9 heteroatoms. The van der Waals surface area contributed by atoms with Crippen molar-refractivity contribution in [3.05, 3.63) is 53.6 Å². The van der Waals surface area contributed by atoms with Crippen molar-refractivity contribution in [2.75, 3.05) is 18.2 Å². The Kier molecular flexibility index (Phi) is 5.76. The van der Waals surface area contributed by atoms with Crippen LogP contribution in [0.1, 0.15) is 11.1 Å². The molecule has 0 saturated heterocycles. The zero-order chi connectivity index (χ0) is 20.3. The van der Waals surface area contributed by atoms with Gasteiger partial charge in [-0.1, -0.05) is 6.07 Å². The number of aryl methyl sites for hydroxylation is 2. The fraction of sp³-hybridized carbons (Fsp3) is 0.211. The van der Waals surface area contributed by atoms with Crippen molar-refractivity contribution in [1.29, 1.82) is 0 Å². The smallest absolute Gasteiger partial charge is 0.264 e. The van der Waals surface area contributed by atoms with E-state index in [9.17, 15) is 13.2 Å². The fourth-order valence-corrected chi connectivity index (χ4v) is 3.80. The van der Waals surface area contributed by atoms with Gasteiger partial charge < -0.3 is 4.74 Å². The van der Waals surface area contributed by atoms with Gasteiger partial charge in [-0.25, -0.2) is 8.42 Å². The predicted octanol–water partition coefficient (Wildman–Crippen LogP) is 3.24. The SMILES string of the molecule is Cc1cc(C)cc(OCC(=O)Nc2nc(-c3ccc(S(C)(=O)=O)cc3)ns2)c1. The van der Waals surface area contributed by atoms with E-state index in [-0.39, 0.29) is 17.4 Å². The molecule has 1 N–H and O–H groups in total. The molecule has 0 atom stereocenters. The summed E-state index contributed by atoms with van der Waals surface area (Å²) in [7, 11) is -3.26. The third kappa shape index (κ3) is 5.14. The summed E-state index contributed by atoms with van der Waals surface area (Å²) in [5, 5.41) is 3.00. The molecular weight excluding hydrogens is 398 g/mol. The molecule has 3 rings (SSSR count). The van der Waals surface area contributed by atoms with Gasteiger partial charge in [-0.2, -0.15) is 9.36 Å². The Morgan fingerprint density at radius 2 is 1.75 bits per heavy atom. The molecule has 3 aromatic rings. The van der Waals surface area contributed by atoms with Crippen LogP contribution in [-0.4, -0.2) is 36.5 Å². The molecule has 0 aliphatic rings. The number of aromatic nitrogens is 2. The van der Waals surface area contributed by atoms with E-state index < -0.39 is 9.84 Å². The van der Waals surface area contributed by atoms with E-state index in [2.05, 4.69) is 14.7 Å². The van der Waals surface area contributed by atoms with Crippen LogP contribution < -0.4 is 10.1 Å². The minimum Gasteiger partial charge on any atom is -0.484 e. The number of sulfone groups is 1. The van der Waals surface area contributed by atoms with E-state index in [1.807, 2.05) is 32.0 Å². The summed E-state index contributed by atoms with van der Waals surface area (Å²) in [5.41, 5.74) is 2.78. The first-order chi connectivity index (χ1) is 13.2. The quantitative estimate of drug-likeness (QED) is 0.661. The molecule has 0 unspecified atom stereocenters. The first-order valence-electron chi connectivity index (χ1n) is 8.36. The zero-order valence-corrected chi connectivity index (χ0v) is 17.2. The number of anilines is 1. The number of carbonyl (C=O) groups excluding carboxylic acids is 1. The number of rotatable bonds is 6. The number of ether oxygens (including phenoxy) is 1. The van der Waals surface area contributed by atoms with Gasteiger partial charge in [0.1, 0.15) is 5.75 Å². The van der Waals surface area contributed by atoms with Crippen molar-refractivity contribution in [2.24, 2.45) is 0 Å². The Balaban J connectivity index is 1.61. The fourth-order valence-electron chi connectivity index (χ4n) is 2.56. The number of amides is 1. The van der Waals surface area contributed by atoms with Crippen LogP contribution in [0.3, 0.4) is 0 Å². The molecule has 146 valence electrons. The Morgan fingerprint density at radius 3 is 2.36 bits per heavy atom. The summed E-state index contributed by atoms with van der Waals surface area (Å²) < 4.78 is 32.8. The zero-order valence-electron chi connectivity index (χ0n) is 15.6. The maximum atomic E-state index is 12.1. The van der Waals surface area contributed by atoms with E-state index in [1.54, 1.807) is 12.1 Å². The van der Waals surface area contributed by atoms with Crippen molar-refractivity contribution in [3.8, 4) is 17.1 Å². The van der Waals surface area contributed by atoms with E-state index in [4.69, 9.17) is 4.74 Å². The highest BCUT2D eigenvalue weighted by Crippen LogP contribution is 2.23. The van der Waals surface area contributed by atoms with Crippen molar-refractivity contribution in [2.45, 2.75) is 18.7 Å². The summed E-state index contributed by atoms with van der Waals surface area (Å²) in [6, 6.07) is 12.0. The van der Waals surface area contributed by atoms with E-state index in [0.717, 1.165) is 28.9 Å².